The van der Waals surface area contributed by atoms with Gasteiger partial charge in [-0.1, -0.05) is 0 Å². The van der Waals surface area contributed by atoms with E-state index in [0.717, 1.165) is 37.5 Å². The van der Waals surface area contributed by atoms with E-state index in [4.69, 9.17) is 0 Å². The molecule has 2 rings (SSSR count). The molecule has 1 amide bonds. The number of carbonyl (C=O) groups is 3. The molecule has 1 aromatic heterocycles. The number of thiophene rings is 1. The molecule has 9 heteroatoms. The molecule has 2 heterocycles. The largest absolute Gasteiger partial charge is 0.481 e. The first kappa shape index (κ1) is 19.4. The van der Waals surface area contributed by atoms with Crippen LogP contribution >= 0.6 is 11.3 Å². The Bertz CT molecular complexity index is 625. The van der Waals surface area contributed by atoms with Gasteiger partial charge in [0.05, 0.1) is 18.7 Å². The molecule has 1 aliphatic heterocycles. The number of anilines is 1. The van der Waals surface area contributed by atoms with E-state index in [9.17, 15) is 19.5 Å². The topological polar surface area (TPSA) is 99.2 Å². The van der Waals surface area contributed by atoms with E-state index < -0.39 is 23.8 Å². The third-order valence-corrected chi connectivity index (χ3v) is 5.06. The van der Waals surface area contributed by atoms with Crippen LogP contribution in [0.15, 0.2) is 11.4 Å². The Hall–Kier alpha value is -1.97. The van der Waals surface area contributed by atoms with E-state index in [2.05, 4.69) is 19.9 Å². The van der Waals surface area contributed by atoms with Gasteiger partial charge in [0.2, 0.25) is 5.91 Å². The minimum atomic E-state index is -0.993. The van der Waals surface area contributed by atoms with Crippen LogP contribution in [0.5, 0.6) is 0 Å². The van der Waals surface area contributed by atoms with E-state index in [1.54, 1.807) is 11.4 Å². The van der Waals surface area contributed by atoms with Crippen molar-refractivity contribution in [3.8, 4) is 0 Å². The van der Waals surface area contributed by atoms with Crippen LogP contribution in [0.4, 0.5) is 5.69 Å². The number of aliphatic carboxylic acids is 1. The molecule has 0 spiro atoms. The Kier molecular flexibility index (Phi) is 6.91. The maximum atomic E-state index is 12.2. The van der Waals surface area contributed by atoms with Crippen LogP contribution in [0.1, 0.15) is 16.1 Å². The van der Waals surface area contributed by atoms with E-state index in [0.29, 0.717) is 17.1 Å². The molecule has 25 heavy (non-hydrogen) atoms. The molecule has 1 saturated heterocycles. The monoisotopic (exact) mass is 369 g/mol. The smallest absolute Gasteiger partial charge is 0.350 e. The zero-order chi connectivity index (χ0) is 18.4. The molecule has 2 N–H and O–H groups in total. The van der Waals surface area contributed by atoms with Gasteiger partial charge in [0.15, 0.2) is 0 Å². The van der Waals surface area contributed by atoms with Gasteiger partial charge in [-0.3, -0.25) is 14.5 Å². The number of rotatable bonds is 7. The maximum Gasteiger partial charge on any atom is 0.350 e. The second kappa shape index (κ2) is 8.93. The summed E-state index contributed by atoms with van der Waals surface area (Å²) in [4.78, 5) is 39.9. The summed E-state index contributed by atoms with van der Waals surface area (Å²) in [5.41, 5.74) is 0.352. The number of nitrogens with zero attached hydrogens (tertiary/aromatic N) is 2. The number of methoxy groups -OCH3 is 1. The highest BCUT2D eigenvalue weighted by molar-refractivity contribution is 7.12. The number of hydrogen-bond donors (Lipinski definition) is 2. The molecule has 1 aromatic rings. The number of carboxylic acids is 1. The predicted molar refractivity (Wildman–Crippen MR) is 94.0 cm³/mol. The molecule has 8 nitrogen and oxygen atoms in total. The summed E-state index contributed by atoms with van der Waals surface area (Å²) in [5.74, 6) is -2.74. The molecular weight excluding hydrogens is 346 g/mol. The first-order valence-electron chi connectivity index (χ1n) is 8.00. The predicted octanol–water partition coefficient (Wildman–Crippen LogP) is 0.811. The summed E-state index contributed by atoms with van der Waals surface area (Å²) in [6, 6.07) is 1.60. The molecule has 1 fully saturated rings. The van der Waals surface area contributed by atoms with Crippen molar-refractivity contribution >= 4 is 34.9 Å². The van der Waals surface area contributed by atoms with Crippen molar-refractivity contribution in [1.82, 2.24) is 9.80 Å². The molecule has 0 saturated carbocycles. The number of hydrogen-bond acceptors (Lipinski definition) is 7. The second-order valence-electron chi connectivity index (χ2n) is 6.05. The van der Waals surface area contributed by atoms with Crippen LogP contribution in [-0.4, -0.2) is 79.6 Å². The average Bonchev–Trinajstić information content (AvgIpc) is 3.03. The zero-order valence-electron chi connectivity index (χ0n) is 14.4. The van der Waals surface area contributed by atoms with Gasteiger partial charge in [-0.15, -0.1) is 11.3 Å². The summed E-state index contributed by atoms with van der Waals surface area (Å²) >= 11 is 1.16. The number of amides is 1. The van der Waals surface area contributed by atoms with Crippen molar-refractivity contribution in [3.63, 3.8) is 0 Å². The molecule has 1 atom stereocenters. The van der Waals surface area contributed by atoms with Gasteiger partial charge in [0.1, 0.15) is 4.88 Å². The summed E-state index contributed by atoms with van der Waals surface area (Å²) in [7, 11) is 3.30. The Balaban J connectivity index is 1.93. The molecular formula is C16H23N3O5S. The number of likely N-dealkylation sites (N-methyl/N-ethyl adjacent to an activating group) is 1. The molecule has 0 bridgehead atoms. The number of esters is 1. The summed E-state index contributed by atoms with van der Waals surface area (Å²) in [6.07, 6.45) is -0.141. The highest BCUT2D eigenvalue weighted by Gasteiger charge is 2.26. The van der Waals surface area contributed by atoms with Crippen LogP contribution in [0.25, 0.3) is 0 Å². The van der Waals surface area contributed by atoms with Gasteiger partial charge in [-0.25, -0.2) is 4.79 Å². The number of carboxylic acid groups (broad SMARTS) is 1. The maximum absolute atomic E-state index is 12.2. The summed E-state index contributed by atoms with van der Waals surface area (Å²) in [5, 5.41) is 13.7. The zero-order valence-corrected chi connectivity index (χ0v) is 15.2. The Morgan fingerprint density at radius 3 is 2.60 bits per heavy atom. The highest BCUT2D eigenvalue weighted by Crippen LogP contribution is 2.23. The van der Waals surface area contributed by atoms with E-state index in [-0.39, 0.29) is 6.42 Å². The Morgan fingerprint density at radius 2 is 2.00 bits per heavy atom. The second-order valence-corrected chi connectivity index (χ2v) is 6.96. The first-order valence-corrected chi connectivity index (χ1v) is 8.88. The molecule has 0 unspecified atom stereocenters. The molecule has 0 aromatic carbocycles. The lowest BCUT2D eigenvalue weighted by molar-refractivity contribution is -0.144. The fourth-order valence-electron chi connectivity index (χ4n) is 2.66. The van der Waals surface area contributed by atoms with E-state index in [1.807, 2.05) is 7.05 Å². The fourth-order valence-corrected chi connectivity index (χ4v) is 3.42. The van der Waals surface area contributed by atoms with Crippen LogP contribution < -0.4 is 5.32 Å². The lowest BCUT2D eigenvalue weighted by Crippen LogP contribution is -2.47. The normalized spacial score (nSPS) is 17.0. The number of carbonyl (C=O) groups excluding carboxylic acids is 2. The van der Waals surface area contributed by atoms with Crippen molar-refractivity contribution in [1.29, 1.82) is 0 Å². The average molecular weight is 369 g/mol. The third kappa shape index (κ3) is 5.52. The van der Waals surface area contributed by atoms with Gasteiger partial charge in [-0.05, 0) is 18.5 Å². The van der Waals surface area contributed by atoms with Gasteiger partial charge in [-0.2, -0.15) is 0 Å². The van der Waals surface area contributed by atoms with Gasteiger partial charge < -0.3 is 20.1 Å². The SMILES string of the molecule is COC(=O)c1sccc1NC(=O)C[C@H](CN1CCN(C)CC1)C(=O)O. The van der Waals surface area contributed by atoms with Crippen molar-refractivity contribution in [3.05, 3.63) is 16.3 Å². The fraction of sp³-hybridized carbons (Fsp3) is 0.562. The van der Waals surface area contributed by atoms with E-state index in [1.165, 1.54) is 7.11 Å². The quantitative estimate of drug-likeness (QED) is 0.686. The van der Waals surface area contributed by atoms with Crippen LogP contribution in [-0.2, 0) is 14.3 Å². The third-order valence-electron chi connectivity index (χ3n) is 4.17. The summed E-state index contributed by atoms with van der Waals surface area (Å²) in [6.45, 7) is 3.69. The first-order chi connectivity index (χ1) is 11.9. The Labute approximate surface area is 150 Å². The number of ether oxygens (including phenoxy) is 1. The standard InChI is InChI=1S/C16H23N3O5S/c1-18-4-6-19(7-5-18)10-11(15(21)22)9-13(20)17-12-3-8-25-14(12)16(23)24-2/h3,8,11H,4-7,9-10H2,1-2H3,(H,17,20)(H,21,22)/t11-/m1/s1. The highest BCUT2D eigenvalue weighted by atomic mass is 32.1. The lowest BCUT2D eigenvalue weighted by Gasteiger charge is -2.33. The van der Waals surface area contributed by atoms with Crippen molar-refractivity contribution in [2.75, 3.05) is 52.2 Å². The van der Waals surface area contributed by atoms with Crippen LogP contribution in [0.2, 0.25) is 0 Å². The molecule has 0 aliphatic carbocycles. The number of piperazine rings is 1. The van der Waals surface area contributed by atoms with Crippen molar-refractivity contribution < 1.29 is 24.2 Å². The van der Waals surface area contributed by atoms with Crippen molar-refractivity contribution in [2.24, 2.45) is 5.92 Å². The molecule has 1 aliphatic rings. The van der Waals surface area contributed by atoms with Gasteiger partial charge in [0, 0.05) is 39.1 Å². The van der Waals surface area contributed by atoms with Crippen LogP contribution in [0, 0.1) is 5.92 Å². The minimum Gasteiger partial charge on any atom is -0.481 e. The Morgan fingerprint density at radius 1 is 1.32 bits per heavy atom. The minimum absolute atomic E-state index is 0.141. The lowest BCUT2D eigenvalue weighted by atomic mass is 10.0. The van der Waals surface area contributed by atoms with Gasteiger partial charge in [0.25, 0.3) is 0 Å². The van der Waals surface area contributed by atoms with Crippen LogP contribution in [0.3, 0.4) is 0 Å². The molecule has 138 valence electrons. The number of nitrogens with one attached hydrogen (secondary N) is 1. The van der Waals surface area contributed by atoms with E-state index >= 15 is 0 Å². The van der Waals surface area contributed by atoms with Crippen molar-refractivity contribution in [2.45, 2.75) is 6.42 Å². The molecule has 0 radical (unpaired) electrons. The summed E-state index contributed by atoms with van der Waals surface area (Å²) < 4.78 is 4.66. The van der Waals surface area contributed by atoms with Gasteiger partial charge >= 0.3 is 11.9 Å².